The topological polar surface area (TPSA) is 39.9 Å². The number of aromatic nitrogens is 3. The molecule has 2 unspecified atom stereocenters. The zero-order valence-corrected chi connectivity index (χ0v) is 10.2. The molecular weight excluding hydrogens is 226 g/mol. The standard InChI is InChI=1S/C11H16ClN3O/c1-7-9(4-5-16-7)6-15-10(8-2-3-8)13-14-11(15)12/h7-9H,2-6H2,1H3. The molecule has 5 heteroatoms. The first-order chi connectivity index (χ1) is 7.75. The van der Waals surface area contributed by atoms with Gasteiger partial charge in [-0.05, 0) is 37.8 Å². The van der Waals surface area contributed by atoms with Crippen molar-refractivity contribution in [2.24, 2.45) is 5.92 Å². The molecule has 1 aliphatic carbocycles. The molecule has 2 aliphatic rings. The monoisotopic (exact) mass is 241 g/mol. The van der Waals surface area contributed by atoms with E-state index in [-0.39, 0.29) is 0 Å². The third kappa shape index (κ3) is 1.84. The molecule has 1 saturated carbocycles. The van der Waals surface area contributed by atoms with Crippen molar-refractivity contribution in [3.63, 3.8) is 0 Å². The summed E-state index contributed by atoms with van der Waals surface area (Å²) in [6.07, 6.45) is 3.89. The van der Waals surface area contributed by atoms with Crippen molar-refractivity contribution in [2.75, 3.05) is 6.61 Å². The van der Waals surface area contributed by atoms with Crippen LogP contribution in [-0.2, 0) is 11.3 Å². The van der Waals surface area contributed by atoms with Gasteiger partial charge in [-0.3, -0.25) is 0 Å². The minimum absolute atomic E-state index is 0.325. The lowest BCUT2D eigenvalue weighted by molar-refractivity contribution is 0.101. The van der Waals surface area contributed by atoms with Crippen LogP contribution in [0.1, 0.15) is 37.9 Å². The second-order valence-corrected chi connectivity index (χ2v) is 5.17. The molecule has 16 heavy (non-hydrogen) atoms. The molecule has 1 saturated heterocycles. The van der Waals surface area contributed by atoms with Crippen LogP contribution in [0.3, 0.4) is 0 Å². The fourth-order valence-electron chi connectivity index (χ4n) is 2.36. The van der Waals surface area contributed by atoms with E-state index in [0.29, 0.717) is 23.2 Å². The van der Waals surface area contributed by atoms with Crippen LogP contribution in [0.4, 0.5) is 0 Å². The Kier molecular flexibility index (Phi) is 2.64. The van der Waals surface area contributed by atoms with E-state index in [0.717, 1.165) is 25.4 Å². The molecule has 2 fully saturated rings. The van der Waals surface area contributed by atoms with Crippen molar-refractivity contribution >= 4 is 11.6 Å². The summed E-state index contributed by atoms with van der Waals surface area (Å²) < 4.78 is 7.65. The third-order valence-electron chi connectivity index (χ3n) is 3.63. The smallest absolute Gasteiger partial charge is 0.225 e. The fourth-order valence-corrected chi connectivity index (χ4v) is 2.55. The predicted molar refractivity (Wildman–Crippen MR) is 60.5 cm³/mol. The summed E-state index contributed by atoms with van der Waals surface area (Å²) in [7, 11) is 0. The van der Waals surface area contributed by atoms with Gasteiger partial charge in [0.05, 0.1) is 6.10 Å². The molecule has 1 aromatic heterocycles. The lowest BCUT2D eigenvalue weighted by Gasteiger charge is -2.16. The maximum absolute atomic E-state index is 6.09. The number of halogens is 1. The largest absolute Gasteiger partial charge is 0.378 e. The second kappa shape index (κ2) is 4.00. The molecule has 0 amide bonds. The quantitative estimate of drug-likeness (QED) is 0.815. The Labute approximate surface area is 99.9 Å². The molecule has 1 aliphatic heterocycles. The summed E-state index contributed by atoms with van der Waals surface area (Å²) in [6.45, 7) is 3.90. The number of rotatable bonds is 3. The van der Waals surface area contributed by atoms with Crippen LogP contribution in [0.5, 0.6) is 0 Å². The average molecular weight is 242 g/mol. The molecule has 4 nitrogen and oxygen atoms in total. The molecule has 0 radical (unpaired) electrons. The minimum atomic E-state index is 0.325. The maximum Gasteiger partial charge on any atom is 0.225 e. The van der Waals surface area contributed by atoms with Crippen molar-refractivity contribution in [2.45, 2.75) is 44.8 Å². The molecule has 2 heterocycles. The van der Waals surface area contributed by atoms with E-state index < -0.39 is 0 Å². The molecule has 1 aromatic rings. The number of hydrogen-bond donors (Lipinski definition) is 0. The van der Waals surface area contributed by atoms with Gasteiger partial charge in [0.15, 0.2) is 0 Å². The summed E-state index contributed by atoms with van der Waals surface area (Å²) in [6, 6.07) is 0. The van der Waals surface area contributed by atoms with Crippen LogP contribution in [0.2, 0.25) is 5.28 Å². The molecule has 2 atom stereocenters. The number of ether oxygens (including phenoxy) is 1. The molecule has 0 N–H and O–H groups in total. The van der Waals surface area contributed by atoms with E-state index in [4.69, 9.17) is 16.3 Å². The highest BCUT2D eigenvalue weighted by atomic mass is 35.5. The van der Waals surface area contributed by atoms with E-state index in [1.54, 1.807) is 0 Å². The molecule has 3 rings (SSSR count). The first kappa shape index (κ1) is 10.5. The Morgan fingerprint density at radius 2 is 2.19 bits per heavy atom. The first-order valence-corrected chi connectivity index (χ1v) is 6.33. The van der Waals surface area contributed by atoms with E-state index in [9.17, 15) is 0 Å². The maximum atomic E-state index is 6.09. The van der Waals surface area contributed by atoms with Crippen molar-refractivity contribution in [1.82, 2.24) is 14.8 Å². The minimum Gasteiger partial charge on any atom is -0.378 e. The molecule has 88 valence electrons. The molecule has 0 aromatic carbocycles. The van der Waals surface area contributed by atoms with Gasteiger partial charge in [0.25, 0.3) is 0 Å². The number of hydrogen-bond acceptors (Lipinski definition) is 3. The molecule has 0 spiro atoms. The van der Waals surface area contributed by atoms with Crippen LogP contribution in [0.25, 0.3) is 0 Å². The van der Waals surface area contributed by atoms with Crippen molar-refractivity contribution in [3.8, 4) is 0 Å². The highest BCUT2D eigenvalue weighted by molar-refractivity contribution is 6.28. The van der Waals surface area contributed by atoms with Gasteiger partial charge in [0.2, 0.25) is 5.28 Å². The predicted octanol–water partition coefficient (Wildman–Crippen LogP) is 2.23. The zero-order valence-electron chi connectivity index (χ0n) is 9.40. The zero-order chi connectivity index (χ0) is 11.1. The van der Waals surface area contributed by atoms with E-state index in [1.807, 2.05) is 0 Å². The van der Waals surface area contributed by atoms with Gasteiger partial charge in [-0.2, -0.15) is 0 Å². The Bertz CT molecular complexity index is 389. The molecule has 0 bridgehead atoms. The van der Waals surface area contributed by atoms with Gasteiger partial charge < -0.3 is 9.30 Å². The lowest BCUT2D eigenvalue weighted by Crippen LogP contribution is -2.19. The fraction of sp³-hybridized carbons (Fsp3) is 0.818. The van der Waals surface area contributed by atoms with Crippen molar-refractivity contribution < 1.29 is 4.74 Å². The Balaban J connectivity index is 1.79. The van der Waals surface area contributed by atoms with Crippen LogP contribution in [0, 0.1) is 5.92 Å². The summed E-state index contributed by atoms with van der Waals surface area (Å²) in [5, 5.41) is 8.70. The Morgan fingerprint density at radius 3 is 2.81 bits per heavy atom. The van der Waals surface area contributed by atoms with Crippen LogP contribution in [0.15, 0.2) is 0 Å². The van der Waals surface area contributed by atoms with E-state index in [2.05, 4.69) is 21.7 Å². The van der Waals surface area contributed by atoms with Crippen molar-refractivity contribution in [1.29, 1.82) is 0 Å². The van der Waals surface area contributed by atoms with Crippen molar-refractivity contribution in [3.05, 3.63) is 11.1 Å². The summed E-state index contributed by atoms with van der Waals surface area (Å²) in [5.41, 5.74) is 0. The normalized spacial score (nSPS) is 29.9. The summed E-state index contributed by atoms with van der Waals surface area (Å²) >= 11 is 6.09. The van der Waals surface area contributed by atoms with Gasteiger partial charge in [-0.15, -0.1) is 10.2 Å². The Morgan fingerprint density at radius 1 is 1.38 bits per heavy atom. The first-order valence-electron chi connectivity index (χ1n) is 5.96. The van der Waals surface area contributed by atoms with Gasteiger partial charge in [0.1, 0.15) is 5.82 Å². The van der Waals surface area contributed by atoms with Gasteiger partial charge in [-0.25, -0.2) is 0 Å². The van der Waals surface area contributed by atoms with Crippen LogP contribution < -0.4 is 0 Å². The SMILES string of the molecule is CC1OCCC1Cn1c(Cl)nnc1C1CC1. The lowest BCUT2D eigenvalue weighted by atomic mass is 10.0. The van der Waals surface area contributed by atoms with Crippen LogP contribution >= 0.6 is 11.6 Å². The van der Waals surface area contributed by atoms with E-state index >= 15 is 0 Å². The van der Waals surface area contributed by atoms with Crippen LogP contribution in [-0.4, -0.2) is 27.5 Å². The highest BCUT2D eigenvalue weighted by Crippen LogP contribution is 2.40. The van der Waals surface area contributed by atoms with Gasteiger partial charge in [0, 0.05) is 25.0 Å². The Hall–Kier alpha value is -0.610. The number of nitrogens with zero attached hydrogens (tertiary/aromatic N) is 3. The third-order valence-corrected chi connectivity index (χ3v) is 3.91. The summed E-state index contributed by atoms with van der Waals surface area (Å²) in [5.74, 6) is 2.22. The highest BCUT2D eigenvalue weighted by Gasteiger charge is 2.32. The summed E-state index contributed by atoms with van der Waals surface area (Å²) in [4.78, 5) is 0. The molecular formula is C11H16ClN3O. The second-order valence-electron chi connectivity index (χ2n) is 4.84. The van der Waals surface area contributed by atoms with Gasteiger partial charge in [-0.1, -0.05) is 0 Å². The average Bonchev–Trinajstić information content (AvgIpc) is 2.94. The van der Waals surface area contributed by atoms with Gasteiger partial charge >= 0.3 is 0 Å². The van der Waals surface area contributed by atoms with E-state index in [1.165, 1.54) is 12.8 Å².